The minimum absolute atomic E-state index is 0.305. The van der Waals surface area contributed by atoms with E-state index in [-0.39, 0.29) is 5.69 Å². The van der Waals surface area contributed by atoms with E-state index in [4.69, 9.17) is 4.74 Å². The van der Waals surface area contributed by atoms with Crippen molar-refractivity contribution in [1.82, 2.24) is 4.98 Å². The van der Waals surface area contributed by atoms with Gasteiger partial charge in [-0.05, 0) is 36.4 Å². The van der Waals surface area contributed by atoms with Gasteiger partial charge in [0.05, 0.1) is 12.7 Å². The molecule has 0 unspecified atom stereocenters. The van der Waals surface area contributed by atoms with E-state index in [1.165, 1.54) is 7.11 Å². The van der Waals surface area contributed by atoms with Gasteiger partial charge in [-0.1, -0.05) is 0 Å². The van der Waals surface area contributed by atoms with Gasteiger partial charge in [0.1, 0.15) is 11.4 Å². The zero-order chi connectivity index (χ0) is 15.5. The van der Waals surface area contributed by atoms with Crippen molar-refractivity contribution in [2.45, 2.75) is 6.18 Å². The van der Waals surface area contributed by atoms with Crippen LogP contribution >= 0.6 is 0 Å². The zero-order valence-corrected chi connectivity index (χ0v) is 10.9. The van der Waals surface area contributed by atoms with Crippen molar-refractivity contribution in [3.8, 4) is 5.75 Å². The Labute approximate surface area is 118 Å². The number of nitrogens with zero attached hydrogens (tertiary/aromatic N) is 1. The molecule has 0 atom stereocenters. The molecule has 1 N–H and O–H groups in total. The van der Waals surface area contributed by atoms with Crippen molar-refractivity contribution in [2.24, 2.45) is 0 Å². The number of alkyl halides is 3. The van der Waals surface area contributed by atoms with Crippen LogP contribution in [0.4, 0.5) is 18.9 Å². The summed E-state index contributed by atoms with van der Waals surface area (Å²) in [4.78, 5) is 15.5. The van der Waals surface area contributed by atoms with Gasteiger partial charge >= 0.3 is 6.18 Å². The van der Waals surface area contributed by atoms with Crippen LogP contribution in [0.5, 0.6) is 5.75 Å². The molecule has 7 heteroatoms. The number of nitrogens with one attached hydrogen (secondary N) is 1. The number of ether oxygens (including phenoxy) is 1. The predicted octanol–water partition coefficient (Wildman–Crippen LogP) is 3.36. The summed E-state index contributed by atoms with van der Waals surface area (Å²) in [6.07, 6.45) is -3.57. The first-order valence-corrected chi connectivity index (χ1v) is 5.89. The average molecular weight is 296 g/mol. The molecule has 1 heterocycles. The number of methoxy groups -OCH3 is 1. The van der Waals surface area contributed by atoms with E-state index in [0.717, 1.165) is 12.3 Å². The molecule has 0 aliphatic rings. The second-order valence-electron chi connectivity index (χ2n) is 4.11. The van der Waals surface area contributed by atoms with Gasteiger partial charge in [-0.25, -0.2) is 0 Å². The Balaban J connectivity index is 2.16. The molecular weight excluding hydrogens is 285 g/mol. The summed E-state index contributed by atoms with van der Waals surface area (Å²) in [6.45, 7) is 0. The number of aromatic nitrogens is 1. The Morgan fingerprint density at radius 3 is 2.43 bits per heavy atom. The molecule has 110 valence electrons. The number of anilines is 1. The lowest BCUT2D eigenvalue weighted by molar-refractivity contribution is -0.137. The molecule has 2 rings (SSSR count). The van der Waals surface area contributed by atoms with Crippen LogP contribution in [0.3, 0.4) is 0 Å². The molecule has 2 aromatic rings. The fraction of sp³-hybridized carbons (Fsp3) is 0.143. The van der Waals surface area contributed by atoms with Crippen molar-refractivity contribution in [2.75, 3.05) is 12.4 Å². The summed E-state index contributed by atoms with van der Waals surface area (Å²) in [5.74, 6) is -0.114. The number of carbonyl (C=O) groups excluding carboxylic acids is 1. The van der Waals surface area contributed by atoms with E-state index < -0.39 is 17.6 Å². The summed E-state index contributed by atoms with van der Waals surface area (Å²) in [7, 11) is 1.50. The van der Waals surface area contributed by atoms with E-state index in [9.17, 15) is 18.0 Å². The molecule has 0 radical (unpaired) electrons. The van der Waals surface area contributed by atoms with E-state index >= 15 is 0 Å². The first-order valence-electron chi connectivity index (χ1n) is 5.89. The van der Waals surface area contributed by atoms with Gasteiger partial charge in [0, 0.05) is 11.9 Å². The number of benzene rings is 1. The zero-order valence-electron chi connectivity index (χ0n) is 10.9. The van der Waals surface area contributed by atoms with E-state index in [1.54, 1.807) is 24.3 Å². The van der Waals surface area contributed by atoms with Crippen molar-refractivity contribution >= 4 is 11.6 Å². The standard InChI is InChI=1S/C14H11F3N2O2/c1-21-11-4-2-10(3-5-11)19-13(20)12-8-9(6-7-18-12)14(15,16)17/h2-8H,1H3,(H,19,20). The Morgan fingerprint density at radius 1 is 1.19 bits per heavy atom. The minimum atomic E-state index is -4.52. The molecule has 1 aromatic carbocycles. The highest BCUT2D eigenvalue weighted by molar-refractivity contribution is 6.02. The van der Waals surface area contributed by atoms with Gasteiger partial charge in [0.2, 0.25) is 0 Å². The van der Waals surface area contributed by atoms with Gasteiger partial charge in [-0.3, -0.25) is 9.78 Å². The summed E-state index contributed by atoms with van der Waals surface area (Å²) < 4.78 is 42.7. The Hall–Kier alpha value is -2.57. The SMILES string of the molecule is COc1ccc(NC(=O)c2cc(C(F)(F)F)ccn2)cc1. The smallest absolute Gasteiger partial charge is 0.416 e. The number of rotatable bonds is 3. The lowest BCUT2D eigenvalue weighted by Gasteiger charge is -2.09. The predicted molar refractivity (Wildman–Crippen MR) is 70.2 cm³/mol. The van der Waals surface area contributed by atoms with Gasteiger partial charge in [0.25, 0.3) is 5.91 Å². The highest BCUT2D eigenvalue weighted by Gasteiger charge is 2.31. The van der Waals surface area contributed by atoms with E-state index in [1.807, 2.05) is 0 Å². The number of halogens is 3. The monoisotopic (exact) mass is 296 g/mol. The fourth-order valence-corrected chi connectivity index (χ4v) is 1.60. The molecule has 4 nitrogen and oxygen atoms in total. The molecule has 1 aromatic heterocycles. The maximum atomic E-state index is 12.6. The highest BCUT2D eigenvalue weighted by atomic mass is 19.4. The van der Waals surface area contributed by atoms with Gasteiger partial charge in [-0.2, -0.15) is 13.2 Å². The molecule has 0 saturated heterocycles. The summed E-state index contributed by atoms with van der Waals surface area (Å²) >= 11 is 0. The molecule has 0 saturated carbocycles. The second-order valence-corrected chi connectivity index (χ2v) is 4.11. The van der Waals surface area contributed by atoms with Crippen LogP contribution < -0.4 is 10.1 Å². The number of amides is 1. The molecule has 0 bridgehead atoms. The topological polar surface area (TPSA) is 51.2 Å². The summed E-state index contributed by atoms with van der Waals surface area (Å²) in [6, 6.07) is 7.90. The van der Waals surface area contributed by atoms with E-state index in [0.29, 0.717) is 17.5 Å². The van der Waals surface area contributed by atoms with Crippen LogP contribution in [0.1, 0.15) is 16.1 Å². The van der Waals surface area contributed by atoms with Gasteiger partial charge in [-0.15, -0.1) is 0 Å². The summed E-state index contributed by atoms with van der Waals surface area (Å²) in [5, 5.41) is 2.46. The van der Waals surface area contributed by atoms with Crippen molar-refractivity contribution in [3.63, 3.8) is 0 Å². The van der Waals surface area contributed by atoms with E-state index in [2.05, 4.69) is 10.3 Å². The minimum Gasteiger partial charge on any atom is -0.497 e. The number of hydrogen-bond donors (Lipinski definition) is 1. The Kier molecular flexibility index (Phi) is 4.11. The lowest BCUT2D eigenvalue weighted by atomic mass is 10.2. The lowest BCUT2D eigenvalue weighted by Crippen LogP contribution is -2.15. The van der Waals surface area contributed by atoms with Crippen LogP contribution in [0.25, 0.3) is 0 Å². The first-order chi connectivity index (χ1) is 9.90. The average Bonchev–Trinajstić information content (AvgIpc) is 2.47. The largest absolute Gasteiger partial charge is 0.497 e. The number of hydrogen-bond acceptors (Lipinski definition) is 3. The van der Waals surface area contributed by atoms with Crippen LogP contribution in [0.2, 0.25) is 0 Å². The summed E-state index contributed by atoms with van der Waals surface area (Å²) in [5.41, 5.74) is -0.793. The fourth-order valence-electron chi connectivity index (χ4n) is 1.60. The van der Waals surface area contributed by atoms with Crippen LogP contribution in [0.15, 0.2) is 42.6 Å². The Morgan fingerprint density at radius 2 is 1.86 bits per heavy atom. The maximum Gasteiger partial charge on any atom is 0.416 e. The normalized spacial score (nSPS) is 11.0. The molecule has 1 amide bonds. The van der Waals surface area contributed by atoms with Crippen LogP contribution in [0, 0.1) is 0 Å². The first kappa shape index (κ1) is 14.8. The van der Waals surface area contributed by atoms with Crippen molar-refractivity contribution in [1.29, 1.82) is 0 Å². The maximum absolute atomic E-state index is 12.6. The number of carbonyl (C=O) groups is 1. The number of pyridine rings is 1. The Bertz CT molecular complexity index is 639. The quantitative estimate of drug-likeness (QED) is 0.945. The van der Waals surface area contributed by atoms with Crippen LogP contribution in [-0.4, -0.2) is 18.0 Å². The van der Waals surface area contributed by atoms with Crippen molar-refractivity contribution < 1.29 is 22.7 Å². The van der Waals surface area contributed by atoms with Crippen LogP contribution in [-0.2, 0) is 6.18 Å². The highest BCUT2D eigenvalue weighted by Crippen LogP contribution is 2.29. The van der Waals surface area contributed by atoms with Crippen molar-refractivity contribution in [3.05, 3.63) is 53.9 Å². The molecule has 21 heavy (non-hydrogen) atoms. The molecule has 0 aliphatic heterocycles. The molecule has 0 spiro atoms. The second kappa shape index (κ2) is 5.82. The third-order valence-corrected chi connectivity index (χ3v) is 2.67. The molecule has 0 aliphatic carbocycles. The van der Waals surface area contributed by atoms with Gasteiger partial charge < -0.3 is 10.1 Å². The van der Waals surface area contributed by atoms with Gasteiger partial charge in [0.15, 0.2) is 0 Å². The third-order valence-electron chi connectivity index (χ3n) is 2.67. The molecule has 0 fully saturated rings. The molecular formula is C14H11F3N2O2. The third kappa shape index (κ3) is 3.71.